The normalized spacial score (nSPS) is 17.2. The SMILES string of the molecule is O=C(c1n[nH]c2c1CCCC2)N1CCOc2ccncc2C1. The predicted octanol–water partition coefficient (Wildman–Crippen LogP) is 1.72. The van der Waals surface area contributed by atoms with Crippen LogP contribution in [0, 0.1) is 0 Å². The number of rotatable bonds is 1. The van der Waals surface area contributed by atoms with E-state index < -0.39 is 0 Å². The van der Waals surface area contributed by atoms with Crippen molar-refractivity contribution in [1.82, 2.24) is 20.1 Å². The van der Waals surface area contributed by atoms with E-state index in [1.807, 2.05) is 6.07 Å². The average Bonchev–Trinajstić information content (AvgIpc) is 2.86. The zero-order valence-electron chi connectivity index (χ0n) is 12.3. The fourth-order valence-electron chi connectivity index (χ4n) is 3.21. The summed E-state index contributed by atoms with van der Waals surface area (Å²) < 4.78 is 5.70. The smallest absolute Gasteiger partial charge is 0.275 e. The summed E-state index contributed by atoms with van der Waals surface area (Å²) >= 11 is 0. The van der Waals surface area contributed by atoms with Crippen LogP contribution >= 0.6 is 0 Å². The summed E-state index contributed by atoms with van der Waals surface area (Å²) in [6, 6.07) is 1.85. The molecule has 0 saturated carbocycles. The number of amides is 1. The number of fused-ring (bicyclic) bond motifs is 2. The molecule has 3 heterocycles. The minimum absolute atomic E-state index is 0.0142. The number of ether oxygens (including phenoxy) is 1. The molecule has 0 atom stereocenters. The summed E-state index contributed by atoms with van der Waals surface area (Å²) in [5.41, 5.74) is 3.76. The second kappa shape index (κ2) is 5.44. The summed E-state index contributed by atoms with van der Waals surface area (Å²) in [6.07, 6.45) is 7.70. The van der Waals surface area contributed by atoms with Crippen LogP contribution in [0.25, 0.3) is 0 Å². The van der Waals surface area contributed by atoms with E-state index in [0.29, 0.717) is 25.4 Å². The van der Waals surface area contributed by atoms with Gasteiger partial charge in [0.25, 0.3) is 5.91 Å². The van der Waals surface area contributed by atoms with Crippen molar-refractivity contribution in [2.45, 2.75) is 32.2 Å². The molecule has 6 nitrogen and oxygen atoms in total. The molecule has 0 spiro atoms. The largest absolute Gasteiger partial charge is 0.491 e. The van der Waals surface area contributed by atoms with Crippen molar-refractivity contribution in [3.63, 3.8) is 0 Å². The monoisotopic (exact) mass is 298 g/mol. The van der Waals surface area contributed by atoms with Gasteiger partial charge in [0.05, 0.1) is 13.1 Å². The third-order valence-corrected chi connectivity index (χ3v) is 4.38. The first kappa shape index (κ1) is 13.3. The van der Waals surface area contributed by atoms with Gasteiger partial charge < -0.3 is 9.64 Å². The maximum atomic E-state index is 12.9. The lowest BCUT2D eigenvalue weighted by Crippen LogP contribution is -2.33. The van der Waals surface area contributed by atoms with Gasteiger partial charge in [-0.3, -0.25) is 14.9 Å². The summed E-state index contributed by atoms with van der Waals surface area (Å²) in [5, 5.41) is 7.33. The molecule has 114 valence electrons. The van der Waals surface area contributed by atoms with E-state index in [1.165, 1.54) is 6.42 Å². The molecule has 1 aliphatic heterocycles. The third-order valence-electron chi connectivity index (χ3n) is 4.38. The minimum Gasteiger partial charge on any atom is -0.491 e. The van der Waals surface area contributed by atoms with Crippen LogP contribution < -0.4 is 4.74 Å². The molecule has 0 bridgehead atoms. The highest BCUT2D eigenvalue weighted by Crippen LogP contribution is 2.26. The predicted molar refractivity (Wildman–Crippen MR) is 79.7 cm³/mol. The molecule has 0 unspecified atom stereocenters. The Labute approximate surface area is 128 Å². The summed E-state index contributed by atoms with van der Waals surface area (Å²) in [6.45, 7) is 1.58. The number of hydrogen-bond acceptors (Lipinski definition) is 4. The van der Waals surface area contributed by atoms with Crippen LogP contribution in [-0.2, 0) is 19.4 Å². The maximum absolute atomic E-state index is 12.9. The quantitative estimate of drug-likeness (QED) is 0.870. The van der Waals surface area contributed by atoms with Crippen LogP contribution in [0.1, 0.15) is 40.2 Å². The number of carbonyl (C=O) groups excluding carboxylic acids is 1. The Morgan fingerprint density at radius 3 is 3.18 bits per heavy atom. The Bertz CT molecular complexity index is 710. The Kier molecular flexibility index (Phi) is 3.29. The zero-order valence-corrected chi connectivity index (χ0v) is 12.3. The van der Waals surface area contributed by atoms with Gasteiger partial charge in [-0.25, -0.2) is 0 Å². The number of carbonyl (C=O) groups is 1. The van der Waals surface area contributed by atoms with E-state index in [1.54, 1.807) is 17.3 Å². The zero-order chi connectivity index (χ0) is 14.9. The molecule has 2 aromatic heterocycles. The van der Waals surface area contributed by atoms with Crippen molar-refractivity contribution in [1.29, 1.82) is 0 Å². The Morgan fingerprint density at radius 1 is 1.32 bits per heavy atom. The minimum atomic E-state index is -0.0142. The number of nitrogens with zero attached hydrogens (tertiary/aromatic N) is 3. The Morgan fingerprint density at radius 2 is 2.23 bits per heavy atom. The highest BCUT2D eigenvalue weighted by molar-refractivity contribution is 5.94. The topological polar surface area (TPSA) is 71.1 Å². The van der Waals surface area contributed by atoms with Gasteiger partial charge in [-0.05, 0) is 31.7 Å². The van der Waals surface area contributed by atoms with Crippen molar-refractivity contribution in [3.8, 4) is 5.75 Å². The van der Waals surface area contributed by atoms with E-state index in [0.717, 1.165) is 41.8 Å². The van der Waals surface area contributed by atoms with Gasteiger partial charge >= 0.3 is 0 Å². The van der Waals surface area contributed by atoms with Crippen LogP contribution in [-0.4, -0.2) is 39.1 Å². The average molecular weight is 298 g/mol. The molecule has 0 fully saturated rings. The second-order valence-corrected chi connectivity index (χ2v) is 5.79. The van der Waals surface area contributed by atoms with Crippen molar-refractivity contribution in [3.05, 3.63) is 41.0 Å². The van der Waals surface area contributed by atoms with Crippen molar-refractivity contribution < 1.29 is 9.53 Å². The molecule has 4 rings (SSSR count). The van der Waals surface area contributed by atoms with Gasteiger partial charge in [-0.1, -0.05) is 0 Å². The summed E-state index contributed by atoms with van der Waals surface area (Å²) in [7, 11) is 0. The van der Waals surface area contributed by atoms with Gasteiger partial charge in [0.1, 0.15) is 12.4 Å². The standard InChI is InChI=1S/C16H18N4O2/c21-16(15-12-3-1-2-4-13(12)18-19-15)20-7-8-22-14-5-6-17-9-11(14)10-20/h5-6,9H,1-4,7-8,10H2,(H,18,19). The molecule has 1 amide bonds. The van der Waals surface area contributed by atoms with E-state index in [4.69, 9.17) is 4.74 Å². The van der Waals surface area contributed by atoms with Gasteiger partial charge in [0.15, 0.2) is 5.69 Å². The second-order valence-electron chi connectivity index (χ2n) is 5.79. The maximum Gasteiger partial charge on any atom is 0.275 e. The molecular formula is C16H18N4O2. The lowest BCUT2D eigenvalue weighted by Gasteiger charge is -2.20. The molecule has 1 aliphatic carbocycles. The molecule has 2 aliphatic rings. The first-order valence-corrected chi connectivity index (χ1v) is 7.74. The lowest BCUT2D eigenvalue weighted by molar-refractivity contribution is 0.0726. The van der Waals surface area contributed by atoms with E-state index >= 15 is 0 Å². The molecule has 2 aromatic rings. The van der Waals surface area contributed by atoms with Crippen LogP contribution in [0.2, 0.25) is 0 Å². The van der Waals surface area contributed by atoms with Gasteiger partial charge in [0.2, 0.25) is 0 Å². The van der Waals surface area contributed by atoms with Gasteiger partial charge in [-0.2, -0.15) is 5.10 Å². The highest BCUT2D eigenvalue weighted by atomic mass is 16.5. The van der Waals surface area contributed by atoms with Gasteiger partial charge in [0, 0.05) is 29.2 Å². The number of hydrogen-bond donors (Lipinski definition) is 1. The number of H-pyrrole nitrogens is 1. The van der Waals surface area contributed by atoms with E-state index in [9.17, 15) is 4.79 Å². The third kappa shape index (κ3) is 2.24. The van der Waals surface area contributed by atoms with Crippen LogP contribution in [0.4, 0.5) is 0 Å². The number of aryl methyl sites for hydroxylation is 1. The first-order chi connectivity index (χ1) is 10.8. The molecule has 0 saturated heterocycles. The molecule has 1 N–H and O–H groups in total. The molecule has 22 heavy (non-hydrogen) atoms. The Balaban J connectivity index is 1.62. The number of nitrogens with one attached hydrogen (secondary N) is 1. The molecule has 6 heteroatoms. The van der Waals surface area contributed by atoms with Crippen molar-refractivity contribution >= 4 is 5.91 Å². The fraction of sp³-hybridized carbons (Fsp3) is 0.438. The van der Waals surface area contributed by atoms with Crippen LogP contribution in [0.15, 0.2) is 18.5 Å². The first-order valence-electron chi connectivity index (χ1n) is 7.74. The van der Waals surface area contributed by atoms with Crippen LogP contribution in [0.5, 0.6) is 5.75 Å². The Hall–Kier alpha value is -2.37. The summed E-state index contributed by atoms with van der Waals surface area (Å²) in [5.74, 6) is 0.800. The lowest BCUT2D eigenvalue weighted by atomic mass is 9.95. The van der Waals surface area contributed by atoms with E-state index in [-0.39, 0.29) is 5.91 Å². The highest BCUT2D eigenvalue weighted by Gasteiger charge is 2.27. The molecule has 0 radical (unpaired) electrons. The van der Waals surface area contributed by atoms with E-state index in [2.05, 4.69) is 15.2 Å². The molecular weight excluding hydrogens is 280 g/mol. The summed E-state index contributed by atoms with van der Waals surface area (Å²) in [4.78, 5) is 18.8. The number of aromatic nitrogens is 3. The number of aromatic amines is 1. The van der Waals surface area contributed by atoms with Crippen molar-refractivity contribution in [2.75, 3.05) is 13.2 Å². The number of pyridine rings is 1. The molecule has 0 aromatic carbocycles. The van der Waals surface area contributed by atoms with Crippen LogP contribution in [0.3, 0.4) is 0 Å². The fourth-order valence-corrected chi connectivity index (χ4v) is 3.21. The van der Waals surface area contributed by atoms with Gasteiger partial charge in [-0.15, -0.1) is 0 Å². The van der Waals surface area contributed by atoms with Crippen molar-refractivity contribution in [2.24, 2.45) is 0 Å².